The zero-order chi connectivity index (χ0) is 15.6. The Balaban J connectivity index is 2.37. The van der Waals surface area contributed by atoms with Gasteiger partial charge < -0.3 is 9.84 Å². The molecule has 2 rings (SSSR count). The fourth-order valence-electron chi connectivity index (χ4n) is 2.17. The average molecular weight is 313 g/mol. The summed E-state index contributed by atoms with van der Waals surface area (Å²) >= 11 is 0. The summed E-state index contributed by atoms with van der Waals surface area (Å²) in [6, 6.07) is 4.21. The number of aromatic carboxylic acids is 1. The number of nitrogens with zero attached hydrogens (tertiary/aromatic N) is 1. The van der Waals surface area contributed by atoms with E-state index in [0.29, 0.717) is 12.2 Å². The highest BCUT2D eigenvalue weighted by Crippen LogP contribution is 2.32. The third-order valence-corrected chi connectivity index (χ3v) is 5.46. The summed E-state index contributed by atoms with van der Waals surface area (Å²) in [4.78, 5) is 11.2. The first-order chi connectivity index (χ1) is 9.87. The number of hydrogen-bond acceptors (Lipinski definition) is 4. The van der Waals surface area contributed by atoms with Crippen molar-refractivity contribution < 1.29 is 23.1 Å². The molecule has 6 nitrogen and oxygen atoms in total. The van der Waals surface area contributed by atoms with Gasteiger partial charge in [0, 0.05) is 19.7 Å². The molecule has 0 bridgehead atoms. The summed E-state index contributed by atoms with van der Waals surface area (Å²) < 4.78 is 31.7. The topological polar surface area (TPSA) is 83.9 Å². The molecule has 7 heteroatoms. The zero-order valence-electron chi connectivity index (χ0n) is 12.1. The zero-order valence-corrected chi connectivity index (χ0v) is 12.9. The second-order valence-electron chi connectivity index (χ2n) is 5.12. The molecule has 0 aromatic heterocycles. The van der Waals surface area contributed by atoms with Crippen LogP contribution in [0.2, 0.25) is 0 Å². The lowest BCUT2D eigenvalue weighted by atomic mass is 10.1. The molecule has 0 heterocycles. The van der Waals surface area contributed by atoms with Gasteiger partial charge in [-0.2, -0.15) is 4.31 Å². The molecule has 1 N–H and O–H groups in total. The van der Waals surface area contributed by atoms with Crippen LogP contribution in [0.5, 0.6) is 0 Å². The van der Waals surface area contributed by atoms with Crippen molar-refractivity contribution in [3.63, 3.8) is 0 Å². The van der Waals surface area contributed by atoms with Crippen LogP contribution < -0.4 is 0 Å². The first-order valence-corrected chi connectivity index (χ1v) is 8.16. The number of aryl methyl sites for hydroxylation is 1. The van der Waals surface area contributed by atoms with Crippen molar-refractivity contribution in [1.82, 2.24) is 4.31 Å². The molecule has 0 spiro atoms. The highest BCUT2D eigenvalue weighted by molar-refractivity contribution is 7.89. The minimum atomic E-state index is -3.69. The summed E-state index contributed by atoms with van der Waals surface area (Å²) in [6.45, 7) is 2.23. The van der Waals surface area contributed by atoms with Gasteiger partial charge >= 0.3 is 5.97 Å². The summed E-state index contributed by atoms with van der Waals surface area (Å²) in [5.74, 6) is -1.13. The van der Waals surface area contributed by atoms with Crippen LogP contribution >= 0.6 is 0 Å². The normalized spacial score (nSPS) is 15.4. The van der Waals surface area contributed by atoms with Gasteiger partial charge in [-0.05, 0) is 37.5 Å². The molecule has 116 valence electrons. The van der Waals surface area contributed by atoms with Crippen molar-refractivity contribution in [2.24, 2.45) is 0 Å². The molecule has 0 atom stereocenters. The van der Waals surface area contributed by atoms with Crippen LogP contribution in [0, 0.1) is 6.92 Å². The molecule has 1 aliphatic carbocycles. The Hall–Kier alpha value is -1.44. The van der Waals surface area contributed by atoms with Gasteiger partial charge in [0.1, 0.15) is 0 Å². The number of sulfonamides is 1. The van der Waals surface area contributed by atoms with Gasteiger partial charge in [-0.1, -0.05) is 6.07 Å². The van der Waals surface area contributed by atoms with Crippen molar-refractivity contribution in [3.8, 4) is 0 Å². The van der Waals surface area contributed by atoms with Gasteiger partial charge in [0.05, 0.1) is 17.1 Å². The third kappa shape index (κ3) is 3.42. The number of carboxylic acids is 1. The van der Waals surface area contributed by atoms with E-state index in [2.05, 4.69) is 0 Å². The first kappa shape index (κ1) is 15.9. The lowest BCUT2D eigenvalue weighted by molar-refractivity contribution is 0.0696. The Kier molecular flexibility index (Phi) is 4.65. The molecule has 1 aliphatic rings. The van der Waals surface area contributed by atoms with E-state index >= 15 is 0 Å². The van der Waals surface area contributed by atoms with Crippen LogP contribution in [-0.4, -0.2) is 50.1 Å². The lowest BCUT2D eigenvalue weighted by Gasteiger charge is -2.21. The van der Waals surface area contributed by atoms with Crippen molar-refractivity contribution in [1.29, 1.82) is 0 Å². The molecule has 21 heavy (non-hydrogen) atoms. The minimum Gasteiger partial charge on any atom is -0.478 e. The van der Waals surface area contributed by atoms with Crippen LogP contribution in [-0.2, 0) is 14.8 Å². The molecule has 0 radical (unpaired) electrons. The Morgan fingerprint density at radius 1 is 1.43 bits per heavy atom. The van der Waals surface area contributed by atoms with Crippen LogP contribution in [0.15, 0.2) is 23.1 Å². The highest BCUT2D eigenvalue weighted by atomic mass is 32.2. The van der Waals surface area contributed by atoms with Gasteiger partial charge in [0.2, 0.25) is 10.0 Å². The van der Waals surface area contributed by atoms with E-state index in [9.17, 15) is 13.2 Å². The number of carboxylic acid groups (broad SMARTS) is 1. The number of methoxy groups -OCH3 is 1. The van der Waals surface area contributed by atoms with E-state index in [4.69, 9.17) is 9.84 Å². The van der Waals surface area contributed by atoms with E-state index in [1.54, 1.807) is 6.92 Å². The van der Waals surface area contributed by atoms with E-state index in [0.717, 1.165) is 12.8 Å². The molecule has 1 saturated carbocycles. The third-order valence-electron chi connectivity index (χ3n) is 3.52. The first-order valence-electron chi connectivity index (χ1n) is 6.72. The molecule has 0 saturated heterocycles. The molecular weight excluding hydrogens is 294 g/mol. The second kappa shape index (κ2) is 6.13. The number of benzene rings is 1. The summed E-state index contributed by atoms with van der Waals surface area (Å²) in [5, 5.41) is 9.13. The van der Waals surface area contributed by atoms with E-state index in [1.165, 1.54) is 29.6 Å². The summed E-state index contributed by atoms with van der Waals surface area (Å²) in [5.41, 5.74) is 0.551. The van der Waals surface area contributed by atoms with Crippen molar-refractivity contribution in [3.05, 3.63) is 29.3 Å². The summed E-state index contributed by atoms with van der Waals surface area (Å²) in [6.07, 6.45) is 1.67. The molecule has 1 fully saturated rings. The van der Waals surface area contributed by atoms with E-state index in [-0.39, 0.29) is 23.0 Å². The second-order valence-corrected chi connectivity index (χ2v) is 7.01. The van der Waals surface area contributed by atoms with E-state index in [1.807, 2.05) is 0 Å². The number of carbonyl (C=O) groups is 1. The molecule has 1 aromatic carbocycles. The van der Waals surface area contributed by atoms with Gasteiger partial charge in [0.25, 0.3) is 0 Å². The maximum absolute atomic E-state index is 12.7. The predicted molar refractivity (Wildman–Crippen MR) is 76.9 cm³/mol. The molecule has 0 aliphatic heterocycles. The maximum atomic E-state index is 12.7. The molecule has 1 aromatic rings. The maximum Gasteiger partial charge on any atom is 0.335 e. The SMILES string of the molecule is COCCN(C1CC1)S(=O)(=O)c1ccc(C)c(C(=O)O)c1. The van der Waals surface area contributed by atoms with Gasteiger partial charge in [-0.15, -0.1) is 0 Å². The monoisotopic (exact) mass is 313 g/mol. The van der Waals surface area contributed by atoms with Gasteiger partial charge in [-0.3, -0.25) is 0 Å². The van der Waals surface area contributed by atoms with Crippen LogP contribution in [0.25, 0.3) is 0 Å². The number of ether oxygens (including phenoxy) is 1. The highest BCUT2D eigenvalue weighted by Gasteiger charge is 2.38. The van der Waals surface area contributed by atoms with E-state index < -0.39 is 16.0 Å². The Labute approximate surface area is 124 Å². The summed E-state index contributed by atoms with van der Waals surface area (Å²) in [7, 11) is -2.17. The van der Waals surface area contributed by atoms with Crippen molar-refractivity contribution in [2.75, 3.05) is 20.3 Å². The molecule has 0 amide bonds. The Morgan fingerprint density at radius 2 is 2.10 bits per heavy atom. The fourth-order valence-corrected chi connectivity index (χ4v) is 3.87. The quantitative estimate of drug-likeness (QED) is 0.824. The standard InChI is InChI=1S/C14H19NO5S/c1-10-3-6-12(9-13(10)14(16)17)21(18,19)15(7-8-20-2)11-4-5-11/h3,6,9,11H,4-5,7-8H2,1-2H3,(H,16,17). The van der Waals surface area contributed by atoms with Gasteiger partial charge in [0.15, 0.2) is 0 Å². The largest absolute Gasteiger partial charge is 0.478 e. The lowest BCUT2D eigenvalue weighted by Crippen LogP contribution is -2.36. The van der Waals surface area contributed by atoms with Crippen LogP contribution in [0.4, 0.5) is 0 Å². The van der Waals surface area contributed by atoms with Crippen LogP contribution in [0.3, 0.4) is 0 Å². The van der Waals surface area contributed by atoms with Gasteiger partial charge in [-0.25, -0.2) is 13.2 Å². The number of hydrogen-bond donors (Lipinski definition) is 1. The predicted octanol–water partition coefficient (Wildman–Crippen LogP) is 1.49. The molecule has 0 unspecified atom stereocenters. The number of rotatable bonds is 7. The minimum absolute atomic E-state index is 0.000249. The van der Waals surface area contributed by atoms with Crippen molar-refractivity contribution in [2.45, 2.75) is 30.7 Å². The average Bonchev–Trinajstić information content (AvgIpc) is 3.23. The fraction of sp³-hybridized carbons (Fsp3) is 0.500. The van der Waals surface area contributed by atoms with Crippen molar-refractivity contribution >= 4 is 16.0 Å². The Morgan fingerprint density at radius 3 is 2.62 bits per heavy atom. The Bertz CT molecular complexity index is 637. The molecular formula is C14H19NO5S. The van der Waals surface area contributed by atoms with Crippen LogP contribution in [0.1, 0.15) is 28.8 Å². The smallest absolute Gasteiger partial charge is 0.335 e.